The van der Waals surface area contributed by atoms with Gasteiger partial charge in [0, 0.05) is 24.7 Å². The lowest BCUT2D eigenvalue weighted by molar-refractivity contribution is 0.537. The molecular formula is C13H19FN6. The van der Waals surface area contributed by atoms with Crippen LogP contribution in [-0.4, -0.2) is 38.1 Å². The second-order valence-corrected chi connectivity index (χ2v) is 5.65. The molecule has 0 aliphatic carbocycles. The van der Waals surface area contributed by atoms with E-state index in [1.165, 1.54) is 0 Å². The minimum absolute atomic E-state index is 0.176. The summed E-state index contributed by atoms with van der Waals surface area (Å²) in [5.74, 6) is 0.479. The van der Waals surface area contributed by atoms with Crippen LogP contribution >= 0.6 is 0 Å². The molecule has 7 heteroatoms. The van der Waals surface area contributed by atoms with E-state index in [-0.39, 0.29) is 12.1 Å². The molecule has 2 aromatic heterocycles. The van der Waals surface area contributed by atoms with E-state index in [4.69, 9.17) is 0 Å². The molecule has 2 atom stereocenters. The molecule has 3 rings (SSSR count). The lowest BCUT2D eigenvalue weighted by Crippen LogP contribution is -2.23. The van der Waals surface area contributed by atoms with E-state index >= 15 is 0 Å². The van der Waals surface area contributed by atoms with Gasteiger partial charge in [-0.05, 0) is 27.2 Å². The molecule has 0 radical (unpaired) electrons. The van der Waals surface area contributed by atoms with Gasteiger partial charge in [-0.15, -0.1) is 0 Å². The van der Waals surface area contributed by atoms with Crippen molar-refractivity contribution in [2.45, 2.75) is 45.3 Å². The van der Waals surface area contributed by atoms with Crippen molar-refractivity contribution in [1.29, 1.82) is 0 Å². The molecule has 1 aliphatic heterocycles. The van der Waals surface area contributed by atoms with Crippen molar-refractivity contribution in [3.8, 4) is 0 Å². The molecular weight excluding hydrogens is 259 g/mol. The lowest BCUT2D eigenvalue weighted by atomic mass is 10.2. The molecule has 0 spiro atoms. The zero-order chi connectivity index (χ0) is 14.3. The Hall–Kier alpha value is -1.76. The van der Waals surface area contributed by atoms with Gasteiger partial charge in [0.1, 0.15) is 0 Å². The van der Waals surface area contributed by atoms with Crippen LogP contribution in [0.15, 0.2) is 6.33 Å². The second-order valence-electron chi connectivity index (χ2n) is 5.65. The molecule has 0 unspecified atom stereocenters. The number of halogens is 1. The van der Waals surface area contributed by atoms with Crippen molar-refractivity contribution < 1.29 is 4.39 Å². The number of anilines is 1. The van der Waals surface area contributed by atoms with Crippen molar-refractivity contribution >= 4 is 17.0 Å². The van der Waals surface area contributed by atoms with Crippen molar-refractivity contribution in [2.75, 3.05) is 11.9 Å². The van der Waals surface area contributed by atoms with Crippen LogP contribution in [0.4, 0.5) is 10.2 Å². The highest BCUT2D eigenvalue weighted by Crippen LogP contribution is 2.23. The Labute approximate surface area is 116 Å². The van der Waals surface area contributed by atoms with E-state index in [1.807, 2.05) is 18.4 Å². The van der Waals surface area contributed by atoms with E-state index < -0.39 is 6.08 Å². The minimum Gasteiger partial charge on any atom is -0.364 e. The number of fused-ring (bicyclic) bond motifs is 1. The summed E-state index contributed by atoms with van der Waals surface area (Å²) < 4.78 is 15.5. The van der Waals surface area contributed by atoms with Crippen LogP contribution < -0.4 is 10.6 Å². The Morgan fingerprint density at radius 1 is 1.45 bits per heavy atom. The van der Waals surface area contributed by atoms with Crippen LogP contribution in [0.2, 0.25) is 0 Å². The Morgan fingerprint density at radius 2 is 2.25 bits per heavy atom. The van der Waals surface area contributed by atoms with Gasteiger partial charge < -0.3 is 15.2 Å². The third-order valence-corrected chi connectivity index (χ3v) is 3.64. The summed E-state index contributed by atoms with van der Waals surface area (Å²) in [5, 5.41) is 6.63. The van der Waals surface area contributed by atoms with Gasteiger partial charge in [0.05, 0.1) is 6.33 Å². The molecule has 2 aromatic rings. The first-order valence-corrected chi connectivity index (χ1v) is 6.94. The molecule has 0 bridgehead atoms. The Kier molecular flexibility index (Phi) is 3.29. The Bertz CT molecular complexity index is 623. The van der Waals surface area contributed by atoms with Gasteiger partial charge in [0.15, 0.2) is 17.0 Å². The van der Waals surface area contributed by atoms with E-state index in [2.05, 4.69) is 32.5 Å². The summed E-state index contributed by atoms with van der Waals surface area (Å²) in [6.07, 6.45) is 1.95. The average molecular weight is 278 g/mol. The van der Waals surface area contributed by atoms with Crippen LogP contribution in [0.5, 0.6) is 0 Å². The Morgan fingerprint density at radius 3 is 2.90 bits per heavy atom. The molecule has 1 aliphatic rings. The first-order chi connectivity index (χ1) is 9.54. The number of nitrogens with one attached hydrogen (secondary N) is 2. The molecule has 1 saturated heterocycles. The summed E-state index contributed by atoms with van der Waals surface area (Å²) in [7, 11) is 0. The van der Waals surface area contributed by atoms with Crippen LogP contribution in [0, 0.1) is 6.08 Å². The highest BCUT2D eigenvalue weighted by molar-refractivity contribution is 5.82. The van der Waals surface area contributed by atoms with Crippen molar-refractivity contribution in [3.05, 3.63) is 12.4 Å². The summed E-state index contributed by atoms with van der Waals surface area (Å²) in [6, 6.07) is 0.880. The van der Waals surface area contributed by atoms with Gasteiger partial charge in [-0.25, -0.2) is 4.98 Å². The SMILES string of the molecule is CC(C)n1cnc2c(N[C@@H]3CN[C@@H](C)C3)nc(F)nc21. The number of hydrogen-bond acceptors (Lipinski definition) is 5. The third-order valence-electron chi connectivity index (χ3n) is 3.64. The standard InChI is InChI=1S/C13H19FN6/c1-7(2)20-6-16-10-11(18-13(14)19-12(10)20)17-9-4-8(3)15-5-9/h6-9,15H,4-5H2,1-3H3,(H,17,18,19)/t8-,9-/m0/s1. The molecule has 20 heavy (non-hydrogen) atoms. The quantitative estimate of drug-likeness (QED) is 0.837. The monoisotopic (exact) mass is 278 g/mol. The molecule has 108 valence electrons. The van der Waals surface area contributed by atoms with E-state index in [0.29, 0.717) is 23.0 Å². The highest BCUT2D eigenvalue weighted by Gasteiger charge is 2.23. The third kappa shape index (κ3) is 2.33. The van der Waals surface area contributed by atoms with Crippen LogP contribution in [0.3, 0.4) is 0 Å². The van der Waals surface area contributed by atoms with Crippen molar-refractivity contribution in [2.24, 2.45) is 0 Å². The number of aromatic nitrogens is 4. The Balaban J connectivity index is 1.98. The fourth-order valence-electron chi connectivity index (χ4n) is 2.61. The predicted molar refractivity (Wildman–Crippen MR) is 75.2 cm³/mol. The molecule has 6 nitrogen and oxygen atoms in total. The summed E-state index contributed by atoms with van der Waals surface area (Å²) in [4.78, 5) is 12.1. The van der Waals surface area contributed by atoms with Crippen molar-refractivity contribution in [3.63, 3.8) is 0 Å². The van der Waals surface area contributed by atoms with E-state index in [1.54, 1.807) is 6.33 Å². The smallest absolute Gasteiger partial charge is 0.312 e. The zero-order valence-corrected chi connectivity index (χ0v) is 11.9. The number of imidazole rings is 1. The maximum absolute atomic E-state index is 13.6. The number of rotatable bonds is 3. The minimum atomic E-state index is -0.721. The first-order valence-electron chi connectivity index (χ1n) is 6.94. The van der Waals surface area contributed by atoms with E-state index in [9.17, 15) is 4.39 Å². The van der Waals surface area contributed by atoms with Crippen LogP contribution in [0.1, 0.15) is 33.2 Å². The number of hydrogen-bond donors (Lipinski definition) is 2. The van der Waals surface area contributed by atoms with Crippen LogP contribution in [-0.2, 0) is 0 Å². The average Bonchev–Trinajstić information content (AvgIpc) is 2.95. The number of nitrogens with zero attached hydrogens (tertiary/aromatic N) is 4. The largest absolute Gasteiger partial charge is 0.364 e. The van der Waals surface area contributed by atoms with Gasteiger partial charge >= 0.3 is 6.08 Å². The van der Waals surface area contributed by atoms with Gasteiger partial charge in [0.2, 0.25) is 0 Å². The fourth-order valence-corrected chi connectivity index (χ4v) is 2.61. The second kappa shape index (κ2) is 4.97. The maximum Gasteiger partial charge on any atom is 0.312 e. The van der Waals surface area contributed by atoms with Crippen molar-refractivity contribution in [1.82, 2.24) is 24.8 Å². The highest BCUT2D eigenvalue weighted by atomic mass is 19.1. The molecule has 0 amide bonds. The summed E-state index contributed by atoms with van der Waals surface area (Å²) >= 11 is 0. The maximum atomic E-state index is 13.6. The predicted octanol–water partition coefficient (Wildman–Crippen LogP) is 1.71. The zero-order valence-electron chi connectivity index (χ0n) is 11.9. The van der Waals surface area contributed by atoms with Gasteiger partial charge in [0.25, 0.3) is 0 Å². The molecule has 3 heterocycles. The molecule has 0 saturated carbocycles. The summed E-state index contributed by atoms with van der Waals surface area (Å²) in [6.45, 7) is 7.00. The lowest BCUT2D eigenvalue weighted by Gasteiger charge is -2.13. The summed E-state index contributed by atoms with van der Waals surface area (Å²) in [5.41, 5.74) is 1.16. The van der Waals surface area contributed by atoms with E-state index in [0.717, 1.165) is 13.0 Å². The first kappa shape index (κ1) is 13.2. The fraction of sp³-hybridized carbons (Fsp3) is 0.615. The normalized spacial score (nSPS) is 22.9. The molecule has 1 fully saturated rings. The topological polar surface area (TPSA) is 67.7 Å². The van der Waals surface area contributed by atoms with Gasteiger partial charge in [-0.3, -0.25) is 0 Å². The molecule has 2 N–H and O–H groups in total. The molecule has 0 aromatic carbocycles. The van der Waals surface area contributed by atoms with Gasteiger partial charge in [-0.2, -0.15) is 14.4 Å². The van der Waals surface area contributed by atoms with Gasteiger partial charge in [-0.1, -0.05) is 0 Å². The van der Waals surface area contributed by atoms with Crippen LogP contribution in [0.25, 0.3) is 11.2 Å².